The summed E-state index contributed by atoms with van der Waals surface area (Å²) < 4.78 is 14.5. The summed E-state index contributed by atoms with van der Waals surface area (Å²) in [6, 6.07) is 11.3. The molecule has 0 aliphatic heterocycles. The number of hydrogen-bond donors (Lipinski definition) is 1. The molecule has 0 radical (unpaired) electrons. The fourth-order valence-corrected chi connectivity index (χ4v) is 2.56. The van der Waals surface area contributed by atoms with E-state index in [0.717, 1.165) is 0 Å². The number of ketones is 1. The zero-order valence-corrected chi connectivity index (χ0v) is 12.2. The second kappa shape index (κ2) is 5.15. The lowest BCUT2D eigenvalue weighted by molar-refractivity contribution is 0.103. The molecule has 21 heavy (non-hydrogen) atoms. The van der Waals surface area contributed by atoms with E-state index >= 15 is 0 Å². The molecule has 1 N–H and O–H groups in total. The molecule has 0 saturated carbocycles. The molecule has 102 valence electrons. The first-order chi connectivity index (χ1) is 10.1. The van der Waals surface area contributed by atoms with Gasteiger partial charge < -0.3 is 4.98 Å². The summed E-state index contributed by atoms with van der Waals surface area (Å²) in [5, 5.41) is 9.54. The van der Waals surface area contributed by atoms with Crippen LogP contribution in [0.15, 0.2) is 47.1 Å². The molecule has 3 rings (SSSR count). The second-order valence-corrected chi connectivity index (χ2v) is 5.44. The van der Waals surface area contributed by atoms with Crippen LogP contribution in [0.5, 0.6) is 0 Å². The Balaban J connectivity index is 2.14. The molecule has 0 aliphatic carbocycles. The van der Waals surface area contributed by atoms with E-state index in [4.69, 9.17) is 5.26 Å². The fraction of sp³-hybridized carbons (Fsp3) is 0. The van der Waals surface area contributed by atoms with Gasteiger partial charge in [0.2, 0.25) is 0 Å². The van der Waals surface area contributed by atoms with Crippen LogP contribution >= 0.6 is 15.9 Å². The van der Waals surface area contributed by atoms with Gasteiger partial charge in [-0.3, -0.25) is 4.79 Å². The van der Waals surface area contributed by atoms with Crippen LogP contribution in [0.3, 0.4) is 0 Å². The quantitative estimate of drug-likeness (QED) is 0.710. The first-order valence-corrected chi connectivity index (χ1v) is 6.90. The number of fused-ring (bicyclic) bond motifs is 1. The van der Waals surface area contributed by atoms with Crippen LogP contribution in [-0.2, 0) is 0 Å². The van der Waals surface area contributed by atoms with Crippen LogP contribution in [0.4, 0.5) is 4.39 Å². The molecule has 0 spiro atoms. The van der Waals surface area contributed by atoms with Crippen molar-refractivity contribution in [2.45, 2.75) is 0 Å². The van der Waals surface area contributed by atoms with Crippen LogP contribution < -0.4 is 0 Å². The first kappa shape index (κ1) is 13.5. The van der Waals surface area contributed by atoms with Gasteiger partial charge in [-0.1, -0.05) is 22.0 Å². The molecule has 5 heteroatoms. The van der Waals surface area contributed by atoms with Crippen molar-refractivity contribution in [2.75, 3.05) is 0 Å². The number of aromatic amines is 1. The van der Waals surface area contributed by atoms with Gasteiger partial charge >= 0.3 is 0 Å². The third-order valence-electron chi connectivity index (χ3n) is 3.23. The number of H-pyrrole nitrogens is 1. The average Bonchev–Trinajstić information content (AvgIpc) is 2.91. The van der Waals surface area contributed by atoms with Gasteiger partial charge in [-0.15, -0.1) is 0 Å². The topological polar surface area (TPSA) is 56.6 Å². The number of nitrogens with one attached hydrogen (secondary N) is 1. The molecule has 1 heterocycles. The van der Waals surface area contributed by atoms with E-state index in [1.54, 1.807) is 24.3 Å². The third-order valence-corrected chi connectivity index (χ3v) is 3.72. The van der Waals surface area contributed by atoms with E-state index < -0.39 is 11.6 Å². The van der Waals surface area contributed by atoms with Crippen molar-refractivity contribution in [3.05, 3.63) is 69.6 Å². The lowest BCUT2D eigenvalue weighted by Crippen LogP contribution is -2.03. The van der Waals surface area contributed by atoms with Crippen LogP contribution in [0.2, 0.25) is 0 Å². The SMILES string of the molecule is N#Cc1ccc2c(C(=O)c3cc(Br)ccc3F)c[nH]c2c1. The highest BCUT2D eigenvalue weighted by Crippen LogP contribution is 2.24. The average molecular weight is 343 g/mol. The maximum atomic E-state index is 13.8. The highest BCUT2D eigenvalue weighted by atomic mass is 79.9. The maximum Gasteiger partial charge on any atom is 0.198 e. The number of carbonyl (C=O) groups excluding carboxylic acids is 1. The highest BCUT2D eigenvalue weighted by Gasteiger charge is 2.18. The van der Waals surface area contributed by atoms with Crippen molar-refractivity contribution in [1.29, 1.82) is 5.26 Å². The Morgan fingerprint density at radius 2 is 2.00 bits per heavy atom. The number of halogens is 2. The van der Waals surface area contributed by atoms with E-state index in [2.05, 4.69) is 20.9 Å². The van der Waals surface area contributed by atoms with Gasteiger partial charge in [-0.2, -0.15) is 5.26 Å². The minimum atomic E-state index is -0.564. The number of rotatable bonds is 2. The van der Waals surface area contributed by atoms with Crippen molar-refractivity contribution in [3.8, 4) is 6.07 Å². The van der Waals surface area contributed by atoms with Crippen LogP contribution in [0.1, 0.15) is 21.5 Å². The van der Waals surface area contributed by atoms with Gasteiger partial charge in [-0.05, 0) is 30.3 Å². The number of nitrogens with zero attached hydrogens (tertiary/aromatic N) is 1. The Morgan fingerprint density at radius 1 is 1.19 bits per heavy atom. The van der Waals surface area contributed by atoms with E-state index in [9.17, 15) is 9.18 Å². The summed E-state index contributed by atoms with van der Waals surface area (Å²) >= 11 is 3.23. The number of carbonyl (C=O) groups is 1. The summed E-state index contributed by atoms with van der Waals surface area (Å²) in [7, 11) is 0. The second-order valence-electron chi connectivity index (χ2n) is 4.53. The molecular weight excluding hydrogens is 335 g/mol. The Hall–Kier alpha value is -2.45. The van der Waals surface area contributed by atoms with E-state index in [0.29, 0.717) is 26.5 Å². The minimum absolute atomic E-state index is 0.00892. The molecule has 2 aromatic carbocycles. The molecule has 0 aliphatic rings. The highest BCUT2D eigenvalue weighted by molar-refractivity contribution is 9.10. The molecule has 3 nitrogen and oxygen atoms in total. The van der Waals surface area contributed by atoms with Gasteiger partial charge in [0.25, 0.3) is 0 Å². The molecular formula is C16H8BrFN2O. The van der Waals surface area contributed by atoms with Crippen LogP contribution in [-0.4, -0.2) is 10.8 Å². The van der Waals surface area contributed by atoms with Crippen molar-refractivity contribution in [1.82, 2.24) is 4.98 Å². The molecule has 1 aromatic heterocycles. The number of nitriles is 1. The molecule has 0 amide bonds. The van der Waals surface area contributed by atoms with Gasteiger partial charge in [0.1, 0.15) is 5.82 Å². The predicted octanol–water partition coefficient (Wildman–Crippen LogP) is 4.17. The van der Waals surface area contributed by atoms with Crippen LogP contribution in [0.25, 0.3) is 10.9 Å². The van der Waals surface area contributed by atoms with Crippen LogP contribution in [0, 0.1) is 17.1 Å². The maximum absolute atomic E-state index is 13.8. The van der Waals surface area contributed by atoms with Crippen molar-refractivity contribution in [3.63, 3.8) is 0 Å². The Labute approximate surface area is 128 Å². The minimum Gasteiger partial charge on any atom is -0.360 e. The molecule has 0 atom stereocenters. The monoisotopic (exact) mass is 342 g/mol. The van der Waals surface area contributed by atoms with Gasteiger partial charge in [-0.25, -0.2) is 4.39 Å². The Bertz CT molecular complexity index is 908. The molecule has 0 unspecified atom stereocenters. The Kier molecular flexibility index (Phi) is 3.32. The molecule has 0 fully saturated rings. The van der Waals surface area contributed by atoms with Gasteiger partial charge in [0.15, 0.2) is 5.78 Å². The summed E-state index contributed by atoms with van der Waals surface area (Å²) in [6.45, 7) is 0. The number of aromatic nitrogens is 1. The normalized spacial score (nSPS) is 10.5. The first-order valence-electron chi connectivity index (χ1n) is 6.11. The van der Waals surface area contributed by atoms with E-state index in [1.165, 1.54) is 18.3 Å². The summed E-state index contributed by atoms with van der Waals surface area (Å²) in [4.78, 5) is 15.4. The summed E-state index contributed by atoms with van der Waals surface area (Å²) in [6.07, 6.45) is 1.54. The molecule has 3 aromatic rings. The number of benzene rings is 2. The standard InChI is InChI=1S/C16H8BrFN2O/c17-10-2-4-14(18)12(6-10)16(21)13-8-20-15-5-9(7-19)1-3-11(13)15/h1-6,8,20H. The zero-order valence-electron chi connectivity index (χ0n) is 10.7. The summed E-state index contributed by atoms with van der Waals surface area (Å²) in [5.74, 6) is -0.962. The number of hydrogen-bond acceptors (Lipinski definition) is 2. The largest absolute Gasteiger partial charge is 0.360 e. The lowest BCUT2D eigenvalue weighted by atomic mass is 10.0. The van der Waals surface area contributed by atoms with Crippen molar-refractivity contribution >= 4 is 32.6 Å². The van der Waals surface area contributed by atoms with Crippen molar-refractivity contribution < 1.29 is 9.18 Å². The third kappa shape index (κ3) is 2.34. The van der Waals surface area contributed by atoms with Crippen molar-refractivity contribution in [2.24, 2.45) is 0 Å². The fourth-order valence-electron chi connectivity index (χ4n) is 2.20. The van der Waals surface area contributed by atoms with E-state index in [1.807, 2.05) is 6.07 Å². The predicted molar refractivity (Wildman–Crippen MR) is 80.5 cm³/mol. The Morgan fingerprint density at radius 3 is 2.76 bits per heavy atom. The zero-order chi connectivity index (χ0) is 15.0. The smallest absolute Gasteiger partial charge is 0.198 e. The summed E-state index contributed by atoms with van der Waals surface area (Å²) in [5.41, 5.74) is 1.56. The molecule has 0 bridgehead atoms. The van der Waals surface area contributed by atoms with Gasteiger partial charge in [0.05, 0.1) is 17.2 Å². The van der Waals surface area contributed by atoms with E-state index in [-0.39, 0.29) is 5.56 Å². The lowest BCUT2D eigenvalue weighted by Gasteiger charge is -2.02. The molecule has 0 saturated heterocycles. The van der Waals surface area contributed by atoms with Gasteiger partial charge in [0, 0.05) is 27.1 Å².